The third-order valence-corrected chi connectivity index (χ3v) is 5.73. The fourth-order valence-electron chi connectivity index (χ4n) is 4.26. The van der Waals surface area contributed by atoms with Crippen LogP contribution in [0.15, 0.2) is 48.5 Å². The van der Waals surface area contributed by atoms with Crippen molar-refractivity contribution in [2.45, 2.75) is 25.9 Å². The highest BCUT2D eigenvalue weighted by molar-refractivity contribution is 5.98. The number of rotatable bonds is 3. The van der Waals surface area contributed by atoms with Crippen molar-refractivity contribution in [3.05, 3.63) is 70.9 Å². The van der Waals surface area contributed by atoms with Crippen LogP contribution in [0, 0.1) is 0 Å². The van der Waals surface area contributed by atoms with Crippen LogP contribution in [0.4, 0.5) is 0 Å². The highest BCUT2D eigenvalue weighted by Crippen LogP contribution is 2.28. The Hall–Kier alpha value is -3.08. The standard InChI is InChI=1S/C22H21N3O2/c26-21(10-12-25-13-15-5-1-2-6-16(15)22(25)27)24-11-9-20-18(14-24)17-7-3-4-8-19(17)23-20/h1-8,23H,9-14H2. The number of aromatic nitrogens is 1. The molecule has 5 heteroatoms. The third kappa shape index (κ3) is 2.70. The summed E-state index contributed by atoms with van der Waals surface area (Å²) in [4.78, 5) is 32.4. The zero-order valence-corrected chi connectivity index (χ0v) is 15.1. The molecule has 27 heavy (non-hydrogen) atoms. The summed E-state index contributed by atoms with van der Waals surface area (Å²) < 4.78 is 0. The molecule has 3 heterocycles. The maximum Gasteiger partial charge on any atom is 0.254 e. The highest BCUT2D eigenvalue weighted by Gasteiger charge is 2.28. The first kappa shape index (κ1) is 16.1. The number of amides is 2. The first-order valence-electron chi connectivity index (χ1n) is 9.44. The van der Waals surface area contributed by atoms with Gasteiger partial charge in [0.1, 0.15) is 0 Å². The number of para-hydroxylation sites is 1. The summed E-state index contributed by atoms with van der Waals surface area (Å²) in [6.45, 7) is 2.46. The molecule has 2 amide bonds. The van der Waals surface area contributed by atoms with Gasteiger partial charge in [-0.3, -0.25) is 9.59 Å². The van der Waals surface area contributed by atoms with E-state index in [1.54, 1.807) is 4.90 Å². The van der Waals surface area contributed by atoms with Crippen LogP contribution < -0.4 is 0 Å². The molecule has 0 atom stereocenters. The summed E-state index contributed by atoms with van der Waals surface area (Å²) in [6.07, 6.45) is 1.22. The molecule has 2 aromatic carbocycles. The molecule has 2 aliphatic heterocycles. The van der Waals surface area contributed by atoms with E-state index in [4.69, 9.17) is 0 Å². The van der Waals surface area contributed by atoms with E-state index in [-0.39, 0.29) is 11.8 Å². The van der Waals surface area contributed by atoms with Gasteiger partial charge < -0.3 is 14.8 Å². The fraction of sp³-hybridized carbons (Fsp3) is 0.273. The normalized spacial score (nSPS) is 15.9. The van der Waals surface area contributed by atoms with E-state index in [1.807, 2.05) is 41.3 Å². The van der Waals surface area contributed by atoms with Gasteiger partial charge >= 0.3 is 0 Å². The molecule has 0 spiro atoms. The maximum atomic E-state index is 12.8. The van der Waals surface area contributed by atoms with Gasteiger partial charge in [0.2, 0.25) is 5.91 Å². The summed E-state index contributed by atoms with van der Waals surface area (Å²) in [5.74, 6) is 0.158. The number of nitrogens with zero attached hydrogens (tertiary/aromatic N) is 2. The molecular formula is C22H21N3O2. The average Bonchev–Trinajstić information content (AvgIpc) is 3.23. The first-order chi connectivity index (χ1) is 13.2. The van der Waals surface area contributed by atoms with Gasteiger partial charge in [-0.15, -0.1) is 0 Å². The molecule has 136 valence electrons. The van der Waals surface area contributed by atoms with Crippen molar-refractivity contribution in [3.63, 3.8) is 0 Å². The molecule has 0 saturated heterocycles. The van der Waals surface area contributed by atoms with Crippen LogP contribution in [0.25, 0.3) is 10.9 Å². The monoisotopic (exact) mass is 359 g/mol. The van der Waals surface area contributed by atoms with Gasteiger partial charge in [-0.25, -0.2) is 0 Å². The quantitative estimate of drug-likeness (QED) is 0.781. The Balaban J connectivity index is 1.26. The number of H-pyrrole nitrogens is 1. The summed E-state index contributed by atoms with van der Waals surface area (Å²) in [5.41, 5.74) is 5.43. The third-order valence-electron chi connectivity index (χ3n) is 5.73. The van der Waals surface area contributed by atoms with Crippen molar-refractivity contribution in [2.24, 2.45) is 0 Å². The lowest BCUT2D eigenvalue weighted by atomic mass is 10.0. The molecule has 0 unspecified atom stereocenters. The minimum Gasteiger partial charge on any atom is -0.358 e. The molecule has 2 aliphatic rings. The second kappa shape index (κ2) is 6.27. The molecule has 0 fully saturated rings. The lowest BCUT2D eigenvalue weighted by Gasteiger charge is -2.28. The van der Waals surface area contributed by atoms with Crippen LogP contribution >= 0.6 is 0 Å². The van der Waals surface area contributed by atoms with Crippen LogP contribution in [-0.2, 0) is 24.3 Å². The lowest BCUT2D eigenvalue weighted by Crippen LogP contribution is -2.38. The largest absolute Gasteiger partial charge is 0.358 e. The van der Waals surface area contributed by atoms with Crippen LogP contribution in [0.2, 0.25) is 0 Å². The molecule has 1 N–H and O–H groups in total. The lowest BCUT2D eigenvalue weighted by molar-refractivity contribution is -0.132. The minimum atomic E-state index is 0.0379. The molecule has 5 rings (SSSR count). The Kier molecular flexibility index (Phi) is 3.74. The van der Waals surface area contributed by atoms with E-state index in [0.717, 1.165) is 29.6 Å². The highest BCUT2D eigenvalue weighted by atomic mass is 16.2. The number of hydrogen-bond acceptors (Lipinski definition) is 2. The van der Waals surface area contributed by atoms with Crippen molar-refractivity contribution >= 4 is 22.7 Å². The second-order valence-electron chi connectivity index (χ2n) is 7.33. The van der Waals surface area contributed by atoms with Crippen molar-refractivity contribution in [1.82, 2.24) is 14.8 Å². The van der Waals surface area contributed by atoms with Gasteiger partial charge in [0, 0.05) is 66.7 Å². The van der Waals surface area contributed by atoms with Crippen LogP contribution in [0.5, 0.6) is 0 Å². The number of carbonyl (C=O) groups is 2. The Labute approximate surface area is 157 Å². The number of hydrogen-bond donors (Lipinski definition) is 1. The van der Waals surface area contributed by atoms with Gasteiger partial charge in [0.15, 0.2) is 0 Å². The summed E-state index contributed by atoms with van der Waals surface area (Å²) in [7, 11) is 0. The van der Waals surface area contributed by atoms with E-state index in [2.05, 4.69) is 17.1 Å². The topological polar surface area (TPSA) is 56.4 Å². The number of carbonyl (C=O) groups excluding carboxylic acids is 2. The molecule has 0 saturated carbocycles. The van der Waals surface area contributed by atoms with E-state index in [9.17, 15) is 9.59 Å². The van der Waals surface area contributed by atoms with Gasteiger partial charge in [-0.1, -0.05) is 36.4 Å². The van der Waals surface area contributed by atoms with Crippen molar-refractivity contribution in [2.75, 3.05) is 13.1 Å². The van der Waals surface area contributed by atoms with E-state index in [1.165, 1.54) is 16.6 Å². The van der Waals surface area contributed by atoms with E-state index in [0.29, 0.717) is 26.1 Å². The molecule has 5 nitrogen and oxygen atoms in total. The van der Waals surface area contributed by atoms with Crippen molar-refractivity contribution in [1.29, 1.82) is 0 Å². The minimum absolute atomic E-state index is 0.0379. The molecule has 0 bridgehead atoms. The smallest absolute Gasteiger partial charge is 0.254 e. The number of benzene rings is 2. The Morgan fingerprint density at radius 3 is 2.74 bits per heavy atom. The average molecular weight is 359 g/mol. The Morgan fingerprint density at radius 2 is 1.85 bits per heavy atom. The van der Waals surface area contributed by atoms with E-state index >= 15 is 0 Å². The zero-order valence-electron chi connectivity index (χ0n) is 15.1. The summed E-state index contributed by atoms with van der Waals surface area (Å²) in [5, 5.41) is 1.20. The first-order valence-corrected chi connectivity index (χ1v) is 9.44. The van der Waals surface area contributed by atoms with Gasteiger partial charge in [0.05, 0.1) is 0 Å². The van der Waals surface area contributed by atoms with E-state index < -0.39 is 0 Å². The number of nitrogens with one attached hydrogen (secondary N) is 1. The van der Waals surface area contributed by atoms with Crippen LogP contribution in [0.1, 0.15) is 33.6 Å². The predicted octanol–water partition coefficient (Wildman–Crippen LogP) is 3.10. The van der Waals surface area contributed by atoms with Gasteiger partial charge in [0.25, 0.3) is 5.91 Å². The predicted molar refractivity (Wildman–Crippen MR) is 103 cm³/mol. The van der Waals surface area contributed by atoms with Crippen LogP contribution in [-0.4, -0.2) is 39.7 Å². The molecule has 0 radical (unpaired) electrons. The summed E-state index contributed by atoms with van der Waals surface area (Å²) >= 11 is 0. The van der Waals surface area contributed by atoms with Crippen molar-refractivity contribution in [3.8, 4) is 0 Å². The molecule has 1 aromatic heterocycles. The maximum absolute atomic E-state index is 12.8. The number of fused-ring (bicyclic) bond motifs is 4. The SMILES string of the molecule is O=C(CCN1Cc2ccccc2C1=O)N1CCc2[nH]c3ccccc3c2C1. The Bertz CT molecular complexity index is 1050. The van der Waals surface area contributed by atoms with Crippen LogP contribution in [0.3, 0.4) is 0 Å². The second-order valence-corrected chi connectivity index (χ2v) is 7.33. The molecule has 3 aromatic rings. The summed E-state index contributed by atoms with van der Waals surface area (Å²) in [6, 6.07) is 15.9. The fourth-order valence-corrected chi connectivity index (χ4v) is 4.26. The molecule has 0 aliphatic carbocycles. The van der Waals surface area contributed by atoms with Gasteiger partial charge in [-0.2, -0.15) is 0 Å². The number of aromatic amines is 1. The zero-order chi connectivity index (χ0) is 18.4. The molecular weight excluding hydrogens is 338 g/mol. The van der Waals surface area contributed by atoms with Gasteiger partial charge in [-0.05, 0) is 17.7 Å². The Morgan fingerprint density at radius 1 is 1.04 bits per heavy atom. The van der Waals surface area contributed by atoms with Crippen molar-refractivity contribution < 1.29 is 9.59 Å².